The van der Waals surface area contributed by atoms with E-state index in [-0.39, 0.29) is 5.54 Å². The number of carbonyl (C=O) groups is 1. The summed E-state index contributed by atoms with van der Waals surface area (Å²) in [5.74, 6) is 0.444. The highest BCUT2D eigenvalue weighted by Crippen LogP contribution is 2.39. The van der Waals surface area contributed by atoms with Crippen molar-refractivity contribution in [2.24, 2.45) is 0 Å². The molecule has 0 unspecified atom stereocenters. The van der Waals surface area contributed by atoms with Gasteiger partial charge >= 0.3 is 0 Å². The zero-order valence-electron chi connectivity index (χ0n) is 11.9. The molecule has 0 atom stereocenters. The van der Waals surface area contributed by atoms with Crippen molar-refractivity contribution >= 4 is 21.7 Å². The van der Waals surface area contributed by atoms with Crippen LogP contribution in [-0.2, 0) is 11.2 Å². The van der Waals surface area contributed by atoms with Gasteiger partial charge in [0.05, 0.1) is 5.54 Å². The van der Waals surface area contributed by atoms with Crippen LogP contribution in [0.1, 0.15) is 44.1 Å². The number of hydrogen-bond acceptors (Lipinski definition) is 2. The van der Waals surface area contributed by atoms with Crippen molar-refractivity contribution in [2.75, 3.05) is 13.1 Å². The smallest absolute Gasteiger partial charge is 0.157 e. The molecule has 1 heterocycles. The van der Waals surface area contributed by atoms with E-state index in [9.17, 15) is 4.79 Å². The summed E-state index contributed by atoms with van der Waals surface area (Å²) in [6, 6.07) is 8.18. The maximum absolute atomic E-state index is 13.0. The molecule has 2 nitrogen and oxygen atoms in total. The maximum atomic E-state index is 13.0. The minimum atomic E-state index is -0.135. The van der Waals surface area contributed by atoms with E-state index < -0.39 is 0 Å². The molecule has 2 fully saturated rings. The Morgan fingerprint density at radius 1 is 1.05 bits per heavy atom. The van der Waals surface area contributed by atoms with Crippen LogP contribution in [0.3, 0.4) is 0 Å². The molecule has 1 aliphatic heterocycles. The number of rotatable bonds is 4. The summed E-state index contributed by atoms with van der Waals surface area (Å²) in [4.78, 5) is 15.4. The van der Waals surface area contributed by atoms with E-state index in [1.807, 2.05) is 12.1 Å². The van der Waals surface area contributed by atoms with Crippen LogP contribution >= 0.6 is 15.9 Å². The molecule has 0 spiro atoms. The highest BCUT2D eigenvalue weighted by atomic mass is 79.9. The Morgan fingerprint density at radius 3 is 2.25 bits per heavy atom. The fourth-order valence-electron chi connectivity index (χ4n) is 3.83. The van der Waals surface area contributed by atoms with Gasteiger partial charge in [0.15, 0.2) is 5.78 Å². The zero-order valence-corrected chi connectivity index (χ0v) is 13.5. The molecule has 3 rings (SSSR count). The molecule has 3 heteroatoms. The Balaban J connectivity index is 1.77. The predicted molar refractivity (Wildman–Crippen MR) is 84.9 cm³/mol. The van der Waals surface area contributed by atoms with E-state index in [2.05, 4.69) is 33.0 Å². The second kappa shape index (κ2) is 5.98. The molecular weight excluding hydrogens is 314 g/mol. The fraction of sp³-hybridized carbons (Fsp3) is 0.588. The van der Waals surface area contributed by atoms with Crippen molar-refractivity contribution in [3.8, 4) is 0 Å². The standard InChI is InChI=1S/C17H22BrNO/c18-15-7-5-14(6-8-15)13-16(20)17(9-1-2-10-17)19-11-3-4-12-19/h5-8H,1-4,9-13H2. The monoisotopic (exact) mass is 335 g/mol. The third-order valence-corrected chi connectivity index (χ3v) is 5.47. The number of ketones is 1. The summed E-state index contributed by atoms with van der Waals surface area (Å²) in [5.41, 5.74) is 1.01. The first-order chi connectivity index (χ1) is 9.71. The number of likely N-dealkylation sites (tertiary alicyclic amines) is 1. The van der Waals surface area contributed by atoms with Crippen LogP contribution in [0.5, 0.6) is 0 Å². The molecule has 1 aromatic carbocycles. The van der Waals surface area contributed by atoms with Gasteiger partial charge in [-0.05, 0) is 56.5 Å². The topological polar surface area (TPSA) is 20.3 Å². The molecule has 1 saturated heterocycles. The molecule has 1 saturated carbocycles. The lowest BCUT2D eigenvalue weighted by molar-refractivity contribution is -0.129. The largest absolute Gasteiger partial charge is 0.297 e. The highest BCUT2D eigenvalue weighted by Gasteiger charge is 2.45. The SMILES string of the molecule is O=C(Cc1ccc(Br)cc1)C1(N2CCCC2)CCCC1. The molecule has 0 N–H and O–H groups in total. The van der Waals surface area contributed by atoms with E-state index in [0.29, 0.717) is 12.2 Å². The number of nitrogens with zero attached hydrogens (tertiary/aromatic N) is 1. The fourth-order valence-corrected chi connectivity index (χ4v) is 4.09. The summed E-state index contributed by atoms with van der Waals surface area (Å²) in [7, 11) is 0. The molecular formula is C17H22BrNO. The van der Waals surface area contributed by atoms with Gasteiger partial charge in [-0.1, -0.05) is 40.9 Å². The van der Waals surface area contributed by atoms with Crippen molar-refractivity contribution in [2.45, 2.75) is 50.5 Å². The van der Waals surface area contributed by atoms with E-state index in [0.717, 1.165) is 36.0 Å². The first-order valence-corrected chi connectivity index (χ1v) is 8.53. The first-order valence-electron chi connectivity index (χ1n) is 7.73. The third kappa shape index (κ3) is 2.71. The van der Waals surface area contributed by atoms with E-state index in [1.165, 1.54) is 25.7 Å². The van der Waals surface area contributed by atoms with Crippen molar-refractivity contribution in [3.05, 3.63) is 34.3 Å². The Kier molecular flexibility index (Phi) is 4.27. The Labute approximate surface area is 129 Å². The van der Waals surface area contributed by atoms with Gasteiger partial charge in [-0.25, -0.2) is 0 Å². The molecule has 108 valence electrons. The summed E-state index contributed by atoms with van der Waals surface area (Å²) in [6.07, 6.45) is 7.67. The Morgan fingerprint density at radius 2 is 1.65 bits per heavy atom. The van der Waals surface area contributed by atoms with Crippen LogP contribution < -0.4 is 0 Å². The maximum Gasteiger partial charge on any atom is 0.157 e. The van der Waals surface area contributed by atoms with Crippen molar-refractivity contribution in [1.29, 1.82) is 0 Å². The van der Waals surface area contributed by atoms with Gasteiger partial charge in [-0.2, -0.15) is 0 Å². The number of Topliss-reactive ketones (excluding diaryl/α,β-unsaturated/α-hetero) is 1. The van der Waals surface area contributed by atoms with Crippen molar-refractivity contribution in [1.82, 2.24) is 4.90 Å². The number of halogens is 1. The predicted octanol–water partition coefficient (Wildman–Crippen LogP) is 3.97. The lowest BCUT2D eigenvalue weighted by Gasteiger charge is -2.37. The normalized spacial score (nSPS) is 22.2. The summed E-state index contributed by atoms with van der Waals surface area (Å²) in [5, 5.41) is 0. The van der Waals surface area contributed by atoms with Gasteiger partial charge in [0.2, 0.25) is 0 Å². The Bertz CT molecular complexity index is 470. The van der Waals surface area contributed by atoms with Gasteiger partial charge in [0, 0.05) is 10.9 Å². The molecule has 1 aromatic rings. The number of hydrogen-bond donors (Lipinski definition) is 0. The van der Waals surface area contributed by atoms with E-state index in [4.69, 9.17) is 0 Å². The van der Waals surface area contributed by atoms with Gasteiger partial charge in [-0.3, -0.25) is 9.69 Å². The first kappa shape index (κ1) is 14.3. The lowest BCUT2D eigenvalue weighted by atomic mass is 9.86. The van der Waals surface area contributed by atoms with Crippen molar-refractivity contribution < 1.29 is 4.79 Å². The second-order valence-corrected chi connectivity index (χ2v) is 7.07. The van der Waals surface area contributed by atoms with Crippen molar-refractivity contribution in [3.63, 3.8) is 0 Å². The van der Waals surface area contributed by atoms with Gasteiger partial charge in [-0.15, -0.1) is 0 Å². The molecule has 2 aliphatic rings. The molecule has 1 aliphatic carbocycles. The number of carbonyl (C=O) groups excluding carboxylic acids is 1. The third-order valence-electron chi connectivity index (χ3n) is 4.94. The summed E-state index contributed by atoms with van der Waals surface area (Å²) in [6.45, 7) is 2.23. The van der Waals surface area contributed by atoms with Gasteiger partial charge in [0.1, 0.15) is 0 Å². The quantitative estimate of drug-likeness (QED) is 0.829. The summed E-state index contributed by atoms with van der Waals surface area (Å²) >= 11 is 3.45. The average Bonchev–Trinajstić information content (AvgIpc) is 3.12. The van der Waals surface area contributed by atoms with Crippen LogP contribution in [0.15, 0.2) is 28.7 Å². The average molecular weight is 336 g/mol. The van der Waals surface area contributed by atoms with Crippen LogP contribution in [0.2, 0.25) is 0 Å². The van der Waals surface area contributed by atoms with Crippen LogP contribution in [-0.4, -0.2) is 29.3 Å². The van der Waals surface area contributed by atoms with E-state index >= 15 is 0 Å². The van der Waals surface area contributed by atoms with Gasteiger partial charge in [0.25, 0.3) is 0 Å². The number of benzene rings is 1. The Hall–Kier alpha value is -0.670. The van der Waals surface area contributed by atoms with Crippen LogP contribution in [0.4, 0.5) is 0 Å². The highest BCUT2D eigenvalue weighted by molar-refractivity contribution is 9.10. The zero-order chi connectivity index (χ0) is 14.0. The minimum absolute atomic E-state index is 0.135. The van der Waals surface area contributed by atoms with Gasteiger partial charge < -0.3 is 0 Å². The van der Waals surface area contributed by atoms with E-state index in [1.54, 1.807) is 0 Å². The molecule has 0 bridgehead atoms. The molecule has 0 amide bonds. The van der Waals surface area contributed by atoms with Crippen LogP contribution in [0.25, 0.3) is 0 Å². The molecule has 0 aromatic heterocycles. The lowest BCUT2D eigenvalue weighted by Crippen LogP contribution is -2.52. The summed E-state index contributed by atoms with van der Waals surface area (Å²) < 4.78 is 1.07. The minimum Gasteiger partial charge on any atom is -0.297 e. The van der Waals surface area contributed by atoms with Crippen LogP contribution in [0, 0.1) is 0 Å². The molecule has 20 heavy (non-hydrogen) atoms. The molecule has 0 radical (unpaired) electrons. The second-order valence-electron chi connectivity index (χ2n) is 6.16.